The van der Waals surface area contributed by atoms with E-state index in [1.54, 1.807) is 16.2 Å². The molecular formula is C18H28N2O3S. The van der Waals surface area contributed by atoms with Gasteiger partial charge < -0.3 is 19.6 Å². The van der Waals surface area contributed by atoms with Gasteiger partial charge in [-0.15, -0.1) is 11.3 Å². The van der Waals surface area contributed by atoms with Gasteiger partial charge in [0.1, 0.15) is 5.60 Å². The Bertz CT molecular complexity index is 583. The Morgan fingerprint density at radius 3 is 2.83 bits per heavy atom. The summed E-state index contributed by atoms with van der Waals surface area (Å²) in [6.07, 6.45) is 3.24. The van der Waals surface area contributed by atoms with E-state index < -0.39 is 5.60 Å². The molecule has 5 nitrogen and oxygen atoms in total. The monoisotopic (exact) mass is 352 g/mol. The summed E-state index contributed by atoms with van der Waals surface area (Å²) in [6.45, 7) is 8.46. The summed E-state index contributed by atoms with van der Waals surface area (Å²) in [5, 5.41) is 13.0. The summed E-state index contributed by atoms with van der Waals surface area (Å²) < 4.78 is 5.63. The number of ether oxygens (including phenoxy) is 1. The molecule has 0 saturated carbocycles. The second kappa shape index (κ2) is 7.52. The molecule has 1 N–H and O–H groups in total. The number of thiophene rings is 1. The molecule has 0 aromatic carbocycles. The highest BCUT2D eigenvalue weighted by molar-refractivity contribution is 7.10. The molecule has 1 atom stereocenters. The van der Waals surface area contributed by atoms with E-state index >= 15 is 0 Å². The van der Waals surface area contributed by atoms with E-state index in [2.05, 4.69) is 18.7 Å². The average molecular weight is 353 g/mol. The fraction of sp³-hybridized carbons (Fsp3) is 0.722. The maximum Gasteiger partial charge on any atom is 0.255 e. The number of β-amino-alcohol motifs (C(OH)–C–C–N with tert-alkyl or cyclic N) is 1. The molecule has 0 radical (unpaired) electrons. The summed E-state index contributed by atoms with van der Waals surface area (Å²) >= 11 is 1.63. The van der Waals surface area contributed by atoms with Crippen LogP contribution in [0.2, 0.25) is 0 Å². The summed E-state index contributed by atoms with van der Waals surface area (Å²) in [5.41, 5.74) is 0.956. The van der Waals surface area contributed by atoms with Crippen LogP contribution < -0.4 is 0 Å². The quantitative estimate of drug-likeness (QED) is 0.899. The van der Waals surface area contributed by atoms with Crippen LogP contribution in [0.4, 0.5) is 0 Å². The van der Waals surface area contributed by atoms with Crippen LogP contribution in [-0.4, -0.2) is 72.4 Å². The first kappa shape index (κ1) is 17.9. The second-order valence-electron chi connectivity index (χ2n) is 7.02. The molecule has 3 heterocycles. The lowest BCUT2D eigenvalue weighted by atomic mass is 10.0. The summed E-state index contributed by atoms with van der Waals surface area (Å²) in [5.74, 6) is 0.0292. The third-order valence-corrected chi connectivity index (χ3v) is 6.01. The van der Waals surface area contributed by atoms with E-state index in [0.29, 0.717) is 32.8 Å². The predicted molar refractivity (Wildman–Crippen MR) is 95.8 cm³/mol. The van der Waals surface area contributed by atoms with E-state index in [4.69, 9.17) is 4.74 Å². The van der Waals surface area contributed by atoms with Crippen LogP contribution in [-0.2, 0) is 11.2 Å². The van der Waals surface area contributed by atoms with Crippen LogP contribution in [0.3, 0.4) is 0 Å². The molecule has 2 saturated heterocycles. The molecule has 0 spiro atoms. The van der Waals surface area contributed by atoms with E-state index in [-0.39, 0.29) is 5.91 Å². The highest BCUT2D eigenvalue weighted by atomic mass is 32.1. The van der Waals surface area contributed by atoms with Crippen LogP contribution in [0.15, 0.2) is 5.38 Å². The Hall–Kier alpha value is -0.950. The molecule has 1 aromatic heterocycles. The lowest BCUT2D eigenvalue weighted by Gasteiger charge is -2.34. The Labute approximate surface area is 148 Å². The van der Waals surface area contributed by atoms with Gasteiger partial charge in [0.25, 0.3) is 5.91 Å². The third kappa shape index (κ3) is 3.82. The molecule has 134 valence electrons. The highest BCUT2D eigenvalue weighted by Crippen LogP contribution is 2.25. The second-order valence-corrected chi connectivity index (χ2v) is 8.11. The summed E-state index contributed by atoms with van der Waals surface area (Å²) in [4.78, 5) is 18.3. The first-order chi connectivity index (χ1) is 11.5. The van der Waals surface area contributed by atoms with Crippen molar-refractivity contribution in [3.05, 3.63) is 21.4 Å². The number of hydrogen-bond donors (Lipinski definition) is 1. The minimum absolute atomic E-state index is 0.0292. The smallest absolute Gasteiger partial charge is 0.255 e. The Kier molecular flexibility index (Phi) is 5.59. The molecule has 0 unspecified atom stereocenters. The van der Waals surface area contributed by atoms with Gasteiger partial charge in [-0.2, -0.15) is 0 Å². The third-order valence-electron chi connectivity index (χ3n) is 5.05. The molecule has 0 aliphatic carbocycles. The standard InChI is InChI=1S/C18H28N2O3S/c1-3-15-14(2)24-10-16(15)17(21)20-8-9-23-13-18(22,12-20)11-19-6-4-5-7-19/h10,22H,3-9,11-13H2,1-2H3/t18-/m1/s1. The van der Waals surface area contributed by atoms with Gasteiger partial charge in [0.05, 0.1) is 25.3 Å². The lowest BCUT2D eigenvalue weighted by Crippen LogP contribution is -2.53. The molecule has 0 bridgehead atoms. The van der Waals surface area contributed by atoms with Crippen molar-refractivity contribution < 1.29 is 14.6 Å². The number of hydrogen-bond acceptors (Lipinski definition) is 5. The average Bonchev–Trinajstić information content (AvgIpc) is 3.14. The molecule has 2 fully saturated rings. The molecule has 2 aliphatic rings. The van der Waals surface area contributed by atoms with Gasteiger partial charge >= 0.3 is 0 Å². The van der Waals surface area contributed by atoms with E-state index in [9.17, 15) is 9.90 Å². The number of carbonyl (C=O) groups excluding carboxylic acids is 1. The van der Waals surface area contributed by atoms with Crippen LogP contribution in [0, 0.1) is 6.92 Å². The van der Waals surface area contributed by atoms with E-state index in [1.165, 1.54) is 17.7 Å². The molecule has 6 heteroatoms. The number of aliphatic hydroxyl groups is 1. The zero-order chi connectivity index (χ0) is 17.2. The Balaban J connectivity index is 1.75. The Morgan fingerprint density at radius 1 is 1.38 bits per heavy atom. The number of rotatable bonds is 4. The zero-order valence-corrected chi connectivity index (χ0v) is 15.5. The predicted octanol–water partition coefficient (Wildman–Crippen LogP) is 1.92. The summed E-state index contributed by atoms with van der Waals surface area (Å²) in [7, 11) is 0. The molecular weight excluding hydrogens is 324 g/mol. The number of likely N-dealkylation sites (tertiary alicyclic amines) is 1. The van der Waals surface area contributed by atoms with Gasteiger partial charge in [0, 0.05) is 23.3 Å². The van der Waals surface area contributed by atoms with Crippen molar-refractivity contribution >= 4 is 17.2 Å². The molecule has 2 aliphatic heterocycles. The van der Waals surface area contributed by atoms with Crippen molar-refractivity contribution in [1.82, 2.24) is 9.80 Å². The van der Waals surface area contributed by atoms with E-state index in [0.717, 1.165) is 30.6 Å². The van der Waals surface area contributed by atoms with Gasteiger partial charge in [0.2, 0.25) is 0 Å². The SMILES string of the molecule is CCc1c(C(=O)N2CCOC[C@@](O)(CN3CCCC3)C2)csc1C. The first-order valence-electron chi connectivity index (χ1n) is 8.91. The van der Waals surface area contributed by atoms with Gasteiger partial charge in [-0.25, -0.2) is 0 Å². The minimum atomic E-state index is -0.978. The lowest BCUT2D eigenvalue weighted by molar-refractivity contribution is -0.0524. The number of nitrogens with zero attached hydrogens (tertiary/aromatic N) is 2. The van der Waals surface area contributed by atoms with Crippen molar-refractivity contribution in [2.75, 3.05) is 45.9 Å². The maximum absolute atomic E-state index is 13.0. The fourth-order valence-electron chi connectivity index (χ4n) is 3.81. The number of carbonyl (C=O) groups is 1. The molecule has 3 rings (SSSR count). The van der Waals surface area contributed by atoms with Gasteiger partial charge in [-0.1, -0.05) is 6.92 Å². The van der Waals surface area contributed by atoms with Gasteiger partial charge in [-0.3, -0.25) is 4.79 Å². The zero-order valence-electron chi connectivity index (χ0n) is 14.7. The molecule has 24 heavy (non-hydrogen) atoms. The van der Waals surface area contributed by atoms with Gasteiger partial charge in [0.15, 0.2) is 0 Å². The van der Waals surface area contributed by atoms with Crippen molar-refractivity contribution in [3.63, 3.8) is 0 Å². The van der Waals surface area contributed by atoms with Gasteiger partial charge in [-0.05, 0) is 44.8 Å². The topological polar surface area (TPSA) is 53.0 Å². The van der Waals surface area contributed by atoms with Crippen molar-refractivity contribution in [2.45, 2.75) is 38.7 Å². The number of aryl methyl sites for hydroxylation is 1. The Morgan fingerprint density at radius 2 is 2.12 bits per heavy atom. The fourth-order valence-corrected chi connectivity index (χ4v) is 4.75. The first-order valence-corrected chi connectivity index (χ1v) is 9.79. The summed E-state index contributed by atoms with van der Waals surface area (Å²) in [6, 6.07) is 0. The van der Waals surface area contributed by atoms with E-state index in [1.807, 2.05) is 5.38 Å². The van der Waals surface area contributed by atoms with Crippen LogP contribution in [0.5, 0.6) is 0 Å². The molecule has 1 amide bonds. The van der Waals surface area contributed by atoms with Crippen LogP contribution >= 0.6 is 11.3 Å². The minimum Gasteiger partial charge on any atom is -0.384 e. The van der Waals surface area contributed by atoms with Crippen molar-refractivity contribution in [1.29, 1.82) is 0 Å². The highest BCUT2D eigenvalue weighted by Gasteiger charge is 2.37. The van der Waals surface area contributed by atoms with Crippen LogP contribution in [0.25, 0.3) is 0 Å². The van der Waals surface area contributed by atoms with Crippen LogP contribution in [0.1, 0.15) is 40.6 Å². The largest absolute Gasteiger partial charge is 0.384 e. The maximum atomic E-state index is 13.0. The number of amides is 1. The van der Waals surface area contributed by atoms with Crippen molar-refractivity contribution in [2.24, 2.45) is 0 Å². The molecule has 1 aromatic rings. The van der Waals surface area contributed by atoms with Crippen molar-refractivity contribution in [3.8, 4) is 0 Å². The normalized spacial score (nSPS) is 25.9.